The average molecular weight is 301 g/mol. The number of carbonyl (C=O) groups is 1. The summed E-state index contributed by atoms with van der Waals surface area (Å²) in [5.41, 5.74) is 1.33. The van der Waals surface area contributed by atoms with Crippen LogP contribution in [0, 0.1) is 5.41 Å². The first kappa shape index (κ1) is 14.5. The van der Waals surface area contributed by atoms with Crippen molar-refractivity contribution in [2.24, 2.45) is 4.99 Å². The number of carbonyl (C=O) groups excluding carboxylic acids is 1. The van der Waals surface area contributed by atoms with Gasteiger partial charge < -0.3 is 10.7 Å². The molecular formula is C15H19N5O2. The Morgan fingerprint density at radius 2 is 2.05 bits per heavy atom. The molecule has 0 saturated heterocycles. The monoisotopic (exact) mass is 301 g/mol. The number of aliphatic imine (C=N–C) groups is 1. The molecule has 1 aromatic rings. The highest BCUT2D eigenvalue weighted by Crippen LogP contribution is 2.26. The Labute approximate surface area is 127 Å². The molecule has 116 valence electrons. The molecule has 1 aliphatic carbocycles. The number of Topliss-reactive ketones (excluding diaryl/α,β-unsaturated/α-hetero) is 1. The van der Waals surface area contributed by atoms with Gasteiger partial charge in [0.25, 0.3) is 5.56 Å². The Morgan fingerprint density at radius 3 is 2.77 bits per heavy atom. The van der Waals surface area contributed by atoms with Crippen molar-refractivity contribution >= 4 is 28.7 Å². The number of fused-ring (bicyclic) bond motifs is 1. The first-order chi connectivity index (χ1) is 10.5. The quantitative estimate of drug-likeness (QED) is 0.886. The van der Waals surface area contributed by atoms with Gasteiger partial charge in [-0.05, 0) is 31.9 Å². The van der Waals surface area contributed by atoms with E-state index in [0.717, 1.165) is 13.0 Å². The Morgan fingerprint density at radius 1 is 1.32 bits per heavy atom. The normalized spacial score (nSPS) is 19.5. The van der Waals surface area contributed by atoms with Gasteiger partial charge in [0, 0.05) is 19.6 Å². The predicted molar refractivity (Wildman–Crippen MR) is 85.7 cm³/mol. The smallest absolute Gasteiger partial charge is 0.294 e. The number of nitrogens with zero attached hydrogens (tertiary/aromatic N) is 3. The van der Waals surface area contributed by atoms with E-state index < -0.39 is 0 Å². The number of anilines is 1. The summed E-state index contributed by atoms with van der Waals surface area (Å²) in [5, 5.41) is 11.1. The van der Waals surface area contributed by atoms with E-state index in [1.807, 2.05) is 11.6 Å². The fourth-order valence-electron chi connectivity index (χ4n) is 2.83. The third kappa shape index (κ3) is 2.22. The summed E-state index contributed by atoms with van der Waals surface area (Å²) < 4.78 is 3.60. The van der Waals surface area contributed by atoms with Crippen LogP contribution in [0.5, 0.6) is 0 Å². The lowest BCUT2D eigenvalue weighted by Gasteiger charge is -2.12. The topological polar surface area (TPSA) is 92.2 Å². The van der Waals surface area contributed by atoms with E-state index in [1.54, 1.807) is 17.7 Å². The van der Waals surface area contributed by atoms with Gasteiger partial charge in [-0.1, -0.05) is 0 Å². The maximum Gasteiger partial charge on any atom is 0.294 e. The van der Waals surface area contributed by atoms with Crippen LogP contribution < -0.4 is 10.9 Å². The summed E-state index contributed by atoms with van der Waals surface area (Å²) in [5.74, 6) is 0.639. The molecule has 0 spiro atoms. The Bertz CT molecular complexity index is 779. The van der Waals surface area contributed by atoms with Crippen molar-refractivity contribution in [3.63, 3.8) is 0 Å². The van der Waals surface area contributed by atoms with Gasteiger partial charge in [-0.25, -0.2) is 9.67 Å². The maximum absolute atomic E-state index is 12.5. The SMILES string of the molecule is CCNc1c(N=C2C=C(C)C(=O)CC2=N)c(=O)n2n1CCC2. The Hall–Kier alpha value is -2.44. The van der Waals surface area contributed by atoms with Crippen LogP contribution >= 0.6 is 0 Å². The number of aromatic nitrogens is 2. The zero-order valence-corrected chi connectivity index (χ0v) is 12.8. The second-order valence-corrected chi connectivity index (χ2v) is 5.54. The van der Waals surface area contributed by atoms with Crippen LogP contribution in [0.4, 0.5) is 11.5 Å². The third-order valence-corrected chi connectivity index (χ3v) is 3.97. The lowest BCUT2D eigenvalue weighted by atomic mass is 9.96. The molecule has 0 saturated carbocycles. The van der Waals surface area contributed by atoms with Crippen LogP contribution in [0.3, 0.4) is 0 Å². The van der Waals surface area contributed by atoms with E-state index in [2.05, 4.69) is 10.3 Å². The van der Waals surface area contributed by atoms with Crippen molar-refractivity contribution in [1.82, 2.24) is 9.36 Å². The summed E-state index contributed by atoms with van der Waals surface area (Å²) in [6.45, 7) is 5.83. The molecule has 22 heavy (non-hydrogen) atoms. The minimum absolute atomic E-state index is 0.0482. The number of hydrogen-bond donors (Lipinski definition) is 2. The molecule has 2 N–H and O–H groups in total. The lowest BCUT2D eigenvalue weighted by molar-refractivity contribution is -0.114. The van der Waals surface area contributed by atoms with Gasteiger partial charge in [-0.3, -0.25) is 14.3 Å². The van der Waals surface area contributed by atoms with Crippen molar-refractivity contribution in [2.45, 2.75) is 39.8 Å². The fraction of sp³-hybridized carbons (Fsp3) is 0.467. The van der Waals surface area contributed by atoms with E-state index in [1.165, 1.54) is 0 Å². The molecule has 3 rings (SSSR count). The van der Waals surface area contributed by atoms with Crippen molar-refractivity contribution in [1.29, 1.82) is 5.41 Å². The second-order valence-electron chi connectivity index (χ2n) is 5.54. The molecule has 2 heterocycles. The Kier molecular flexibility index (Phi) is 3.56. The van der Waals surface area contributed by atoms with Crippen molar-refractivity contribution in [2.75, 3.05) is 11.9 Å². The number of allylic oxidation sites excluding steroid dienone is 2. The van der Waals surface area contributed by atoms with Crippen molar-refractivity contribution < 1.29 is 4.79 Å². The molecule has 0 radical (unpaired) electrons. The van der Waals surface area contributed by atoms with Gasteiger partial charge in [0.05, 0.1) is 17.8 Å². The summed E-state index contributed by atoms with van der Waals surface area (Å²) >= 11 is 0. The molecule has 0 atom stereocenters. The summed E-state index contributed by atoms with van der Waals surface area (Å²) in [6, 6.07) is 0. The summed E-state index contributed by atoms with van der Waals surface area (Å²) in [7, 11) is 0. The molecule has 7 nitrogen and oxygen atoms in total. The number of rotatable bonds is 3. The first-order valence-electron chi connectivity index (χ1n) is 7.48. The first-order valence-corrected chi connectivity index (χ1v) is 7.48. The van der Waals surface area contributed by atoms with Crippen LogP contribution in [0.15, 0.2) is 21.4 Å². The maximum atomic E-state index is 12.5. The average Bonchev–Trinajstić information content (AvgIpc) is 3.03. The molecule has 0 amide bonds. The minimum Gasteiger partial charge on any atom is -0.369 e. The van der Waals surface area contributed by atoms with Gasteiger partial charge >= 0.3 is 0 Å². The molecule has 1 aromatic heterocycles. The van der Waals surface area contributed by atoms with Gasteiger partial charge in [0.2, 0.25) is 0 Å². The van der Waals surface area contributed by atoms with Crippen molar-refractivity contribution in [3.8, 4) is 0 Å². The molecule has 2 aliphatic rings. The molecule has 1 aliphatic heterocycles. The molecule has 0 unspecified atom stereocenters. The molecule has 0 aromatic carbocycles. The predicted octanol–water partition coefficient (Wildman–Crippen LogP) is 1.50. The van der Waals surface area contributed by atoms with E-state index in [-0.39, 0.29) is 23.5 Å². The van der Waals surface area contributed by atoms with Gasteiger partial charge in [-0.2, -0.15) is 0 Å². The van der Waals surface area contributed by atoms with Gasteiger partial charge in [0.1, 0.15) is 0 Å². The number of nitrogens with one attached hydrogen (secondary N) is 2. The van der Waals surface area contributed by atoms with Gasteiger partial charge in [-0.15, -0.1) is 0 Å². The van der Waals surface area contributed by atoms with Crippen LogP contribution in [0.25, 0.3) is 0 Å². The van der Waals surface area contributed by atoms with E-state index in [0.29, 0.717) is 35.9 Å². The third-order valence-electron chi connectivity index (χ3n) is 3.97. The highest BCUT2D eigenvalue weighted by atomic mass is 16.1. The standard InChI is InChI=1S/C15H19N5O2/c1-3-17-14-13(15(22)20-6-4-5-19(14)20)18-11-7-9(2)12(21)8-10(11)16/h7,16-17H,3-6,8H2,1-2H3. The zero-order chi connectivity index (χ0) is 15.9. The highest BCUT2D eigenvalue weighted by Gasteiger charge is 2.25. The van der Waals surface area contributed by atoms with Crippen LogP contribution in [-0.2, 0) is 17.9 Å². The van der Waals surface area contributed by atoms with Gasteiger partial charge in [0.15, 0.2) is 17.3 Å². The van der Waals surface area contributed by atoms with E-state index in [9.17, 15) is 9.59 Å². The molecule has 0 bridgehead atoms. The van der Waals surface area contributed by atoms with Crippen molar-refractivity contribution in [3.05, 3.63) is 22.0 Å². The highest BCUT2D eigenvalue weighted by molar-refractivity contribution is 6.51. The Balaban J connectivity index is 2.13. The fourth-order valence-corrected chi connectivity index (χ4v) is 2.83. The number of hydrogen-bond acceptors (Lipinski definition) is 5. The van der Waals surface area contributed by atoms with E-state index in [4.69, 9.17) is 5.41 Å². The lowest BCUT2D eigenvalue weighted by Crippen LogP contribution is -2.23. The molecular weight excluding hydrogens is 282 g/mol. The van der Waals surface area contributed by atoms with E-state index >= 15 is 0 Å². The zero-order valence-electron chi connectivity index (χ0n) is 12.8. The second kappa shape index (κ2) is 5.40. The summed E-state index contributed by atoms with van der Waals surface area (Å²) in [4.78, 5) is 28.5. The minimum atomic E-state index is -0.142. The summed E-state index contributed by atoms with van der Waals surface area (Å²) in [6.07, 6.45) is 2.58. The van der Waals surface area contributed by atoms with Crippen LogP contribution in [-0.4, -0.2) is 33.1 Å². The molecule has 7 heteroatoms. The largest absolute Gasteiger partial charge is 0.369 e. The molecule has 0 fully saturated rings. The van der Waals surface area contributed by atoms with Crippen LogP contribution in [0.1, 0.15) is 26.7 Å². The number of ketones is 1. The van der Waals surface area contributed by atoms with Crippen LogP contribution in [0.2, 0.25) is 0 Å².